The minimum atomic E-state index is 0.463. The third kappa shape index (κ3) is 3.39. The van der Waals surface area contributed by atoms with Crippen LogP contribution >= 0.6 is 0 Å². The van der Waals surface area contributed by atoms with Crippen molar-refractivity contribution in [2.45, 2.75) is 39.2 Å². The Morgan fingerprint density at radius 2 is 1.93 bits per heavy atom. The van der Waals surface area contributed by atoms with Gasteiger partial charge in [-0.15, -0.1) is 0 Å². The first kappa shape index (κ1) is 17.7. The Bertz CT molecular complexity index is 954. The van der Waals surface area contributed by atoms with Gasteiger partial charge in [-0.05, 0) is 62.3 Å². The Kier molecular flexibility index (Phi) is 4.55. The van der Waals surface area contributed by atoms with E-state index in [2.05, 4.69) is 55.2 Å². The number of para-hydroxylation sites is 1. The first-order chi connectivity index (χ1) is 13.7. The number of nitrogens with one attached hydrogen (secondary N) is 1. The van der Waals surface area contributed by atoms with Crippen LogP contribution in [0.3, 0.4) is 0 Å². The van der Waals surface area contributed by atoms with Gasteiger partial charge in [-0.1, -0.05) is 18.2 Å². The van der Waals surface area contributed by atoms with Crippen LogP contribution in [0.25, 0.3) is 10.9 Å². The second-order valence-corrected chi connectivity index (χ2v) is 8.66. The van der Waals surface area contributed by atoms with Gasteiger partial charge in [-0.2, -0.15) is 0 Å². The predicted octanol–water partition coefficient (Wildman–Crippen LogP) is 4.15. The van der Waals surface area contributed by atoms with Gasteiger partial charge in [0, 0.05) is 55.2 Å². The summed E-state index contributed by atoms with van der Waals surface area (Å²) >= 11 is 0. The molecule has 28 heavy (non-hydrogen) atoms. The van der Waals surface area contributed by atoms with Gasteiger partial charge in [0.2, 0.25) is 5.95 Å². The standard InChI is InChI=1S/C23H29N5/c1-18-7-11-24-22(26-18)28-13-9-23(10-14-28)8-4-12-27(17-23)16-19-15-25-21-6-3-2-5-20(19)21/h2-3,5-7,11,15,25H,4,8-10,12-14,16-17H2,1H3. The topological polar surface area (TPSA) is 48.1 Å². The van der Waals surface area contributed by atoms with Crippen molar-refractivity contribution in [3.8, 4) is 0 Å². The fraction of sp³-hybridized carbons (Fsp3) is 0.478. The summed E-state index contributed by atoms with van der Waals surface area (Å²) in [6, 6.07) is 10.6. The maximum absolute atomic E-state index is 4.63. The van der Waals surface area contributed by atoms with Crippen molar-refractivity contribution in [3.05, 3.63) is 54.0 Å². The molecule has 0 aliphatic carbocycles. The average molecular weight is 376 g/mol. The first-order valence-electron chi connectivity index (χ1n) is 10.5. The number of hydrogen-bond acceptors (Lipinski definition) is 4. The molecule has 0 bridgehead atoms. The highest BCUT2D eigenvalue weighted by molar-refractivity contribution is 5.82. The number of rotatable bonds is 3. The summed E-state index contributed by atoms with van der Waals surface area (Å²) in [5.74, 6) is 0.904. The van der Waals surface area contributed by atoms with Gasteiger partial charge in [0.25, 0.3) is 0 Å². The molecule has 1 spiro atoms. The number of likely N-dealkylation sites (tertiary alicyclic amines) is 1. The molecule has 4 heterocycles. The lowest BCUT2D eigenvalue weighted by molar-refractivity contribution is 0.0605. The zero-order valence-electron chi connectivity index (χ0n) is 16.7. The molecule has 2 aromatic heterocycles. The van der Waals surface area contributed by atoms with Gasteiger partial charge >= 0.3 is 0 Å². The summed E-state index contributed by atoms with van der Waals surface area (Å²) in [6.07, 6.45) is 9.24. The van der Waals surface area contributed by atoms with Crippen molar-refractivity contribution in [2.24, 2.45) is 5.41 Å². The molecule has 0 radical (unpaired) electrons. The van der Waals surface area contributed by atoms with E-state index >= 15 is 0 Å². The van der Waals surface area contributed by atoms with Crippen LogP contribution in [0.1, 0.15) is 36.9 Å². The van der Waals surface area contributed by atoms with E-state index in [0.29, 0.717) is 5.41 Å². The number of fused-ring (bicyclic) bond motifs is 1. The van der Waals surface area contributed by atoms with E-state index in [-0.39, 0.29) is 0 Å². The van der Waals surface area contributed by atoms with Crippen LogP contribution < -0.4 is 4.90 Å². The van der Waals surface area contributed by atoms with Crippen molar-refractivity contribution in [1.82, 2.24) is 19.9 Å². The molecular formula is C23H29N5. The van der Waals surface area contributed by atoms with Crippen molar-refractivity contribution < 1.29 is 0 Å². The smallest absolute Gasteiger partial charge is 0.225 e. The summed E-state index contributed by atoms with van der Waals surface area (Å²) < 4.78 is 0. The lowest BCUT2D eigenvalue weighted by Gasteiger charge is -2.47. The molecule has 5 heteroatoms. The van der Waals surface area contributed by atoms with E-state index in [0.717, 1.165) is 31.3 Å². The van der Waals surface area contributed by atoms with Gasteiger partial charge in [-0.3, -0.25) is 4.90 Å². The minimum Gasteiger partial charge on any atom is -0.361 e. The number of hydrogen-bond donors (Lipinski definition) is 1. The molecule has 5 rings (SSSR count). The van der Waals surface area contributed by atoms with E-state index < -0.39 is 0 Å². The van der Waals surface area contributed by atoms with Gasteiger partial charge in [0.05, 0.1) is 0 Å². The first-order valence-corrected chi connectivity index (χ1v) is 10.5. The van der Waals surface area contributed by atoms with E-state index in [1.807, 2.05) is 19.2 Å². The third-order valence-electron chi connectivity index (χ3n) is 6.70. The second kappa shape index (κ2) is 7.21. The molecule has 1 aromatic carbocycles. The summed E-state index contributed by atoms with van der Waals surface area (Å²) in [7, 11) is 0. The van der Waals surface area contributed by atoms with E-state index in [4.69, 9.17) is 0 Å². The predicted molar refractivity (Wildman–Crippen MR) is 113 cm³/mol. The number of aromatic nitrogens is 3. The molecule has 1 N–H and O–H groups in total. The molecule has 146 valence electrons. The molecule has 2 aliphatic heterocycles. The van der Waals surface area contributed by atoms with Crippen LogP contribution in [0.4, 0.5) is 5.95 Å². The summed E-state index contributed by atoms with van der Waals surface area (Å²) in [5.41, 5.74) is 4.19. The molecule has 2 fully saturated rings. The van der Waals surface area contributed by atoms with E-state index in [9.17, 15) is 0 Å². The van der Waals surface area contributed by atoms with Crippen LogP contribution in [0, 0.1) is 12.3 Å². The molecule has 2 saturated heterocycles. The quantitative estimate of drug-likeness (QED) is 0.747. The number of aromatic amines is 1. The number of H-pyrrole nitrogens is 1. The molecule has 2 aliphatic rings. The van der Waals surface area contributed by atoms with Crippen molar-refractivity contribution in [3.63, 3.8) is 0 Å². The number of anilines is 1. The normalized spacial score (nSPS) is 20.1. The highest BCUT2D eigenvalue weighted by Crippen LogP contribution is 2.41. The van der Waals surface area contributed by atoms with Gasteiger partial charge < -0.3 is 9.88 Å². The summed E-state index contributed by atoms with van der Waals surface area (Å²) in [6.45, 7) is 7.67. The minimum absolute atomic E-state index is 0.463. The van der Waals surface area contributed by atoms with Crippen LogP contribution in [0.5, 0.6) is 0 Å². The Morgan fingerprint density at radius 1 is 1.07 bits per heavy atom. The lowest BCUT2D eigenvalue weighted by Crippen LogP contribution is -2.49. The molecule has 3 aromatic rings. The van der Waals surface area contributed by atoms with Crippen molar-refractivity contribution >= 4 is 16.9 Å². The fourth-order valence-corrected chi connectivity index (χ4v) is 5.13. The Hall–Kier alpha value is -2.40. The molecule has 0 amide bonds. The van der Waals surface area contributed by atoms with Crippen molar-refractivity contribution in [2.75, 3.05) is 31.1 Å². The Labute approximate surface area is 166 Å². The SMILES string of the molecule is Cc1ccnc(N2CCC3(CCCN(Cc4c[nH]c5ccccc45)C3)CC2)n1. The Balaban J connectivity index is 1.26. The average Bonchev–Trinajstić information content (AvgIpc) is 3.12. The molecule has 5 nitrogen and oxygen atoms in total. The molecule has 0 atom stereocenters. The largest absolute Gasteiger partial charge is 0.361 e. The van der Waals surface area contributed by atoms with Gasteiger partial charge in [-0.25, -0.2) is 9.97 Å². The van der Waals surface area contributed by atoms with Gasteiger partial charge in [0.1, 0.15) is 0 Å². The number of nitrogens with zero attached hydrogens (tertiary/aromatic N) is 4. The zero-order valence-corrected chi connectivity index (χ0v) is 16.7. The lowest BCUT2D eigenvalue weighted by atomic mass is 9.72. The van der Waals surface area contributed by atoms with Gasteiger partial charge in [0.15, 0.2) is 0 Å². The maximum Gasteiger partial charge on any atom is 0.225 e. The fourth-order valence-electron chi connectivity index (χ4n) is 5.13. The number of piperidine rings is 2. The van der Waals surface area contributed by atoms with Crippen LogP contribution in [-0.4, -0.2) is 46.0 Å². The van der Waals surface area contributed by atoms with Crippen molar-refractivity contribution in [1.29, 1.82) is 0 Å². The van der Waals surface area contributed by atoms with Crippen LogP contribution in [0.2, 0.25) is 0 Å². The molecule has 0 saturated carbocycles. The summed E-state index contributed by atoms with van der Waals surface area (Å²) in [4.78, 5) is 17.6. The van der Waals surface area contributed by atoms with E-state index in [1.54, 1.807) is 0 Å². The monoisotopic (exact) mass is 375 g/mol. The summed E-state index contributed by atoms with van der Waals surface area (Å²) in [5, 5.41) is 1.37. The zero-order chi connectivity index (χ0) is 19.0. The van der Waals surface area contributed by atoms with Crippen LogP contribution in [0.15, 0.2) is 42.7 Å². The number of benzene rings is 1. The highest BCUT2D eigenvalue weighted by Gasteiger charge is 2.38. The molecular weight excluding hydrogens is 346 g/mol. The third-order valence-corrected chi connectivity index (χ3v) is 6.70. The maximum atomic E-state index is 4.63. The second-order valence-electron chi connectivity index (χ2n) is 8.66. The van der Waals surface area contributed by atoms with E-state index in [1.165, 1.54) is 55.2 Å². The number of aryl methyl sites for hydroxylation is 1. The molecule has 0 unspecified atom stereocenters. The Morgan fingerprint density at radius 3 is 2.79 bits per heavy atom. The highest BCUT2D eigenvalue weighted by atomic mass is 15.3. The van der Waals surface area contributed by atoms with Crippen LogP contribution in [-0.2, 0) is 6.54 Å².